The van der Waals surface area contributed by atoms with Crippen LogP contribution in [0, 0.1) is 0 Å². The van der Waals surface area contributed by atoms with E-state index in [9.17, 15) is 0 Å². The molecule has 0 unspecified atom stereocenters. The number of hydrogen-bond acceptors (Lipinski definition) is 5. The van der Waals surface area contributed by atoms with E-state index in [0.29, 0.717) is 5.54 Å². The first-order chi connectivity index (χ1) is 9.07. The SMILES string of the molecule is CNCc1cnc(N(C)CC2(N(C)C)CCC2)cn1. The van der Waals surface area contributed by atoms with Crippen LogP contribution in [0.2, 0.25) is 0 Å². The molecule has 2 rings (SSSR count). The van der Waals surface area contributed by atoms with Crippen LogP contribution in [0.5, 0.6) is 0 Å². The van der Waals surface area contributed by atoms with Crippen LogP contribution in [0.4, 0.5) is 5.82 Å². The van der Waals surface area contributed by atoms with E-state index in [1.807, 2.05) is 19.4 Å². The summed E-state index contributed by atoms with van der Waals surface area (Å²) in [5, 5.41) is 3.08. The summed E-state index contributed by atoms with van der Waals surface area (Å²) in [6.07, 6.45) is 7.60. The van der Waals surface area contributed by atoms with E-state index in [1.54, 1.807) is 0 Å². The highest BCUT2D eigenvalue weighted by Gasteiger charge is 2.40. The van der Waals surface area contributed by atoms with Crippen molar-refractivity contribution in [1.82, 2.24) is 20.2 Å². The second-order valence-corrected chi connectivity index (χ2v) is 5.72. The maximum atomic E-state index is 4.50. The molecule has 19 heavy (non-hydrogen) atoms. The highest BCUT2D eigenvalue weighted by atomic mass is 15.3. The van der Waals surface area contributed by atoms with Crippen molar-refractivity contribution in [3.05, 3.63) is 18.1 Å². The Hall–Kier alpha value is -1.20. The average Bonchev–Trinajstić information content (AvgIpc) is 2.34. The zero-order valence-electron chi connectivity index (χ0n) is 12.5. The van der Waals surface area contributed by atoms with Crippen LogP contribution in [0.3, 0.4) is 0 Å². The van der Waals surface area contributed by atoms with E-state index in [0.717, 1.165) is 24.6 Å². The largest absolute Gasteiger partial charge is 0.357 e. The third-order valence-electron chi connectivity index (χ3n) is 4.21. The summed E-state index contributed by atoms with van der Waals surface area (Å²) in [6, 6.07) is 0. The number of likely N-dealkylation sites (N-methyl/N-ethyl adjacent to an activating group) is 2. The van der Waals surface area contributed by atoms with Crippen molar-refractivity contribution >= 4 is 5.82 Å². The first-order valence-corrected chi connectivity index (χ1v) is 6.91. The fourth-order valence-corrected chi connectivity index (χ4v) is 2.67. The van der Waals surface area contributed by atoms with E-state index in [-0.39, 0.29) is 0 Å². The van der Waals surface area contributed by atoms with Gasteiger partial charge in [0, 0.05) is 25.7 Å². The molecule has 5 nitrogen and oxygen atoms in total. The topological polar surface area (TPSA) is 44.3 Å². The van der Waals surface area contributed by atoms with Gasteiger partial charge in [0.1, 0.15) is 5.82 Å². The summed E-state index contributed by atoms with van der Waals surface area (Å²) in [4.78, 5) is 13.5. The number of rotatable bonds is 6. The van der Waals surface area contributed by atoms with Crippen LogP contribution in [0.25, 0.3) is 0 Å². The predicted octanol–water partition coefficient (Wildman–Crippen LogP) is 1.12. The molecule has 1 aliphatic rings. The molecule has 1 aliphatic carbocycles. The third-order valence-corrected chi connectivity index (χ3v) is 4.21. The van der Waals surface area contributed by atoms with Gasteiger partial charge >= 0.3 is 0 Å². The van der Waals surface area contributed by atoms with Crippen molar-refractivity contribution < 1.29 is 0 Å². The van der Waals surface area contributed by atoms with Crippen molar-refractivity contribution in [2.75, 3.05) is 39.6 Å². The first-order valence-electron chi connectivity index (χ1n) is 6.91. The fraction of sp³-hybridized carbons (Fsp3) is 0.714. The summed E-state index contributed by atoms with van der Waals surface area (Å²) in [7, 11) is 8.37. The summed E-state index contributed by atoms with van der Waals surface area (Å²) in [6.45, 7) is 1.78. The van der Waals surface area contributed by atoms with Gasteiger partial charge in [-0.2, -0.15) is 0 Å². The van der Waals surface area contributed by atoms with Crippen LogP contribution >= 0.6 is 0 Å². The standard InChI is InChI=1S/C14H25N5/c1-15-8-12-9-17-13(10-16-12)19(4)11-14(18(2)3)6-5-7-14/h9-10,15H,5-8,11H2,1-4H3. The molecule has 0 saturated heterocycles. The normalized spacial score (nSPS) is 17.3. The molecule has 0 spiro atoms. The van der Waals surface area contributed by atoms with Crippen LogP contribution in [-0.2, 0) is 6.54 Å². The maximum absolute atomic E-state index is 4.50. The highest BCUT2D eigenvalue weighted by Crippen LogP contribution is 2.37. The number of nitrogens with one attached hydrogen (secondary N) is 1. The molecule has 5 heteroatoms. The van der Waals surface area contributed by atoms with Crippen molar-refractivity contribution in [2.24, 2.45) is 0 Å². The summed E-state index contributed by atoms with van der Waals surface area (Å²) in [5.74, 6) is 0.952. The molecule has 0 aliphatic heterocycles. The monoisotopic (exact) mass is 263 g/mol. The summed E-state index contributed by atoms with van der Waals surface area (Å²) < 4.78 is 0. The molecular weight excluding hydrogens is 238 g/mol. The number of nitrogens with zero attached hydrogens (tertiary/aromatic N) is 4. The average molecular weight is 263 g/mol. The van der Waals surface area contributed by atoms with Gasteiger partial charge < -0.3 is 15.1 Å². The molecule has 0 bridgehead atoms. The molecule has 1 aromatic heterocycles. The molecule has 106 valence electrons. The Morgan fingerprint density at radius 1 is 1.21 bits per heavy atom. The second kappa shape index (κ2) is 5.84. The molecule has 1 N–H and O–H groups in total. The Bertz CT molecular complexity index is 397. The van der Waals surface area contributed by atoms with Crippen LogP contribution < -0.4 is 10.2 Å². The van der Waals surface area contributed by atoms with Crippen molar-refractivity contribution in [1.29, 1.82) is 0 Å². The summed E-state index contributed by atoms with van der Waals surface area (Å²) in [5.41, 5.74) is 1.30. The van der Waals surface area contributed by atoms with Crippen molar-refractivity contribution in [3.8, 4) is 0 Å². The second-order valence-electron chi connectivity index (χ2n) is 5.72. The third kappa shape index (κ3) is 3.04. The molecule has 1 saturated carbocycles. The number of hydrogen-bond donors (Lipinski definition) is 1. The summed E-state index contributed by atoms with van der Waals surface area (Å²) >= 11 is 0. The number of anilines is 1. The van der Waals surface area contributed by atoms with E-state index in [1.165, 1.54) is 19.3 Å². The molecule has 0 atom stereocenters. The van der Waals surface area contributed by atoms with Gasteiger partial charge in [-0.25, -0.2) is 4.98 Å². The smallest absolute Gasteiger partial charge is 0.146 e. The number of aromatic nitrogens is 2. The van der Waals surface area contributed by atoms with Crippen LogP contribution in [0.15, 0.2) is 12.4 Å². The minimum atomic E-state index is 0.320. The maximum Gasteiger partial charge on any atom is 0.146 e. The van der Waals surface area contributed by atoms with Gasteiger partial charge in [0.05, 0.1) is 18.1 Å². The fourth-order valence-electron chi connectivity index (χ4n) is 2.67. The Morgan fingerprint density at radius 2 is 1.95 bits per heavy atom. The molecule has 0 aromatic carbocycles. The van der Waals surface area contributed by atoms with Crippen LogP contribution in [0.1, 0.15) is 25.0 Å². The van der Waals surface area contributed by atoms with Gasteiger partial charge in [0.2, 0.25) is 0 Å². The van der Waals surface area contributed by atoms with E-state index in [4.69, 9.17) is 0 Å². The lowest BCUT2D eigenvalue weighted by Crippen LogP contribution is -2.56. The molecule has 1 heterocycles. The van der Waals surface area contributed by atoms with Gasteiger partial charge in [-0.3, -0.25) is 4.98 Å². The minimum absolute atomic E-state index is 0.320. The molecule has 1 aromatic rings. The molecule has 0 amide bonds. The zero-order chi connectivity index (χ0) is 13.9. The molecule has 0 radical (unpaired) electrons. The highest BCUT2D eigenvalue weighted by molar-refractivity contribution is 5.35. The lowest BCUT2D eigenvalue weighted by Gasteiger charge is -2.49. The Kier molecular flexibility index (Phi) is 4.37. The molecular formula is C14H25N5. The minimum Gasteiger partial charge on any atom is -0.357 e. The first kappa shape index (κ1) is 14.2. The van der Waals surface area contributed by atoms with E-state index < -0.39 is 0 Å². The van der Waals surface area contributed by atoms with Gasteiger partial charge in [-0.1, -0.05) is 0 Å². The Balaban J connectivity index is 2.01. The lowest BCUT2D eigenvalue weighted by molar-refractivity contribution is 0.0681. The van der Waals surface area contributed by atoms with Crippen molar-refractivity contribution in [2.45, 2.75) is 31.3 Å². The van der Waals surface area contributed by atoms with Gasteiger partial charge in [-0.05, 0) is 40.4 Å². The van der Waals surface area contributed by atoms with Crippen LogP contribution in [-0.4, -0.2) is 55.1 Å². The zero-order valence-corrected chi connectivity index (χ0v) is 12.5. The predicted molar refractivity (Wildman–Crippen MR) is 78.3 cm³/mol. The van der Waals surface area contributed by atoms with Crippen molar-refractivity contribution in [3.63, 3.8) is 0 Å². The van der Waals surface area contributed by atoms with Gasteiger partial charge in [0.15, 0.2) is 0 Å². The lowest BCUT2D eigenvalue weighted by atomic mass is 9.75. The quantitative estimate of drug-likeness (QED) is 0.833. The van der Waals surface area contributed by atoms with E-state index in [2.05, 4.69) is 46.2 Å². The van der Waals surface area contributed by atoms with E-state index >= 15 is 0 Å². The van der Waals surface area contributed by atoms with Gasteiger partial charge in [0.25, 0.3) is 0 Å². The Morgan fingerprint density at radius 3 is 2.37 bits per heavy atom. The Labute approximate surface area is 116 Å². The molecule has 1 fully saturated rings. The van der Waals surface area contributed by atoms with Gasteiger partial charge in [-0.15, -0.1) is 0 Å².